The van der Waals surface area contributed by atoms with Gasteiger partial charge in [-0.1, -0.05) is 0 Å². The van der Waals surface area contributed by atoms with Crippen LogP contribution in [0.25, 0.3) is 0 Å². The number of methoxy groups -OCH3 is 1. The predicted octanol–water partition coefficient (Wildman–Crippen LogP) is 0.307. The van der Waals surface area contributed by atoms with E-state index in [0.717, 1.165) is 0 Å². The van der Waals surface area contributed by atoms with Crippen LogP contribution in [0, 0.1) is 0 Å². The van der Waals surface area contributed by atoms with Crippen LogP contribution < -0.4 is 5.32 Å². The zero-order valence-electron chi connectivity index (χ0n) is 14.0. The van der Waals surface area contributed by atoms with Crippen molar-refractivity contribution in [3.05, 3.63) is 28.5 Å². The molecule has 1 aromatic rings. The van der Waals surface area contributed by atoms with E-state index in [2.05, 4.69) is 10.3 Å². The topological polar surface area (TPSA) is 117 Å². The Bertz CT molecular complexity index is 835. The van der Waals surface area contributed by atoms with Crippen LogP contribution in [0.2, 0.25) is 0 Å². The molecule has 2 aliphatic rings. The van der Waals surface area contributed by atoms with Crippen molar-refractivity contribution in [1.29, 1.82) is 0 Å². The molecule has 0 radical (unpaired) electrons. The summed E-state index contributed by atoms with van der Waals surface area (Å²) < 4.78 is 11.5. The third-order valence-corrected chi connectivity index (χ3v) is 4.12. The molecule has 1 unspecified atom stereocenters. The van der Waals surface area contributed by atoms with Gasteiger partial charge in [0, 0.05) is 32.6 Å². The zero-order chi connectivity index (χ0) is 18.3. The molecule has 1 atom stereocenters. The lowest BCUT2D eigenvalue weighted by Gasteiger charge is -2.17. The Kier molecular flexibility index (Phi) is 4.25. The predicted molar refractivity (Wildman–Crippen MR) is 82.7 cm³/mol. The lowest BCUT2D eigenvalue weighted by atomic mass is 9.95. The summed E-state index contributed by atoms with van der Waals surface area (Å²) in [6.07, 6.45) is -0.0906. The first-order chi connectivity index (χ1) is 11.8. The van der Waals surface area contributed by atoms with Gasteiger partial charge in [0.05, 0.1) is 5.70 Å². The summed E-state index contributed by atoms with van der Waals surface area (Å²) in [6.45, 7) is 2.95. The van der Waals surface area contributed by atoms with Crippen LogP contribution in [0.15, 0.2) is 11.3 Å². The number of hydrogen-bond donors (Lipinski definition) is 1. The number of carbonyl (C=O) groups excluding carboxylic acids is 4. The van der Waals surface area contributed by atoms with Crippen molar-refractivity contribution in [1.82, 2.24) is 14.9 Å². The summed E-state index contributed by atoms with van der Waals surface area (Å²) in [5.74, 6) is -1.55. The SMILES string of the molecule is COCC(=O)NC1=C(C)C(=O)c2c(nc3n2CCC3OC(C)=O)C1=O. The molecule has 1 aromatic heterocycles. The van der Waals surface area contributed by atoms with Crippen molar-refractivity contribution in [3.8, 4) is 0 Å². The molecular formula is C16H17N3O6. The van der Waals surface area contributed by atoms with E-state index in [0.29, 0.717) is 18.8 Å². The quantitative estimate of drug-likeness (QED) is 0.779. The molecule has 0 saturated heterocycles. The molecule has 3 rings (SSSR count). The molecule has 0 aromatic carbocycles. The van der Waals surface area contributed by atoms with Crippen molar-refractivity contribution in [2.24, 2.45) is 0 Å². The van der Waals surface area contributed by atoms with Gasteiger partial charge >= 0.3 is 5.97 Å². The minimum atomic E-state index is -0.587. The van der Waals surface area contributed by atoms with Gasteiger partial charge in [0.1, 0.15) is 18.0 Å². The van der Waals surface area contributed by atoms with Crippen LogP contribution in [-0.2, 0) is 25.6 Å². The van der Waals surface area contributed by atoms with Gasteiger partial charge in [0.2, 0.25) is 17.5 Å². The number of esters is 1. The number of amides is 1. The highest BCUT2D eigenvalue weighted by Gasteiger charge is 2.40. The number of aromatic nitrogens is 2. The molecule has 0 saturated carbocycles. The Labute approximate surface area is 143 Å². The van der Waals surface area contributed by atoms with Gasteiger partial charge in [-0.3, -0.25) is 19.2 Å². The van der Waals surface area contributed by atoms with E-state index in [1.807, 2.05) is 0 Å². The van der Waals surface area contributed by atoms with Crippen LogP contribution in [0.4, 0.5) is 0 Å². The third-order valence-electron chi connectivity index (χ3n) is 4.12. The van der Waals surface area contributed by atoms with Gasteiger partial charge in [0.25, 0.3) is 0 Å². The fourth-order valence-electron chi connectivity index (χ4n) is 3.06. The minimum Gasteiger partial charge on any atom is -0.454 e. The first-order valence-corrected chi connectivity index (χ1v) is 7.71. The number of ketones is 2. The highest BCUT2D eigenvalue weighted by molar-refractivity contribution is 6.26. The lowest BCUT2D eigenvalue weighted by Crippen LogP contribution is -2.35. The second-order valence-corrected chi connectivity index (χ2v) is 5.85. The molecule has 1 aliphatic carbocycles. The Hall–Kier alpha value is -2.81. The van der Waals surface area contributed by atoms with E-state index in [4.69, 9.17) is 9.47 Å². The van der Waals surface area contributed by atoms with Crippen LogP contribution in [0.1, 0.15) is 53.2 Å². The van der Waals surface area contributed by atoms with Crippen molar-refractivity contribution in [2.45, 2.75) is 32.9 Å². The molecule has 9 heteroatoms. The second kappa shape index (κ2) is 6.25. The van der Waals surface area contributed by atoms with Gasteiger partial charge in [-0.25, -0.2) is 4.98 Å². The summed E-state index contributed by atoms with van der Waals surface area (Å²) in [5, 5.41) is 2.41. The lowest BCUT2D eigenvalue weighted by molar-refractivity contribution is -0.146. The molecular weight excluding hydrogens is 330 g/mol. The summed E-state index contributed by atoms with van der Waals surface area (Å²) in [4.78, 5) is 52.6. The Morgan fingerprint density at radius 2 is 2.04 bits per heavy atom. The van der Waals surface area contributed by atoms with E-state index in [1.165, 1.54) is 21.0 Å². The average molecular weight is 347 g/mol. The summed E-state index contributed by atoms with van der Waals surface area (Å²) >= 11 is 0. The molecule has 9 nitrogen and oxygen atoms in total. The van der Waals surface area contributed by atoms with Crippen LogP contribution in [0.3, 0.4) is 0 Å². The van der Waals surface area contributed by atoms with E-state index >= 15 is 0 Å². The van der Waals surface area contributed by atoms with Gasteiger partial charge in [-0.15, -0.1) is 0 Å². The number of nitrogens with one attached hydrogen (secondary N) is 1. The minimum absolute atomic E-state index is 0.0323. The first-order valence-electron chi connectivity index (χ1n) is 7.71. The number of Topliss-reactive ketones (excluding diaryl/α,β-unsaturated/α-hetero) is 2. The molecule has 0 fully saturated rings. The van der Waals surface area contributed by atoms with E-state index in [9.17, 15) is 19.2 Å². The van der Waals surface area contributed by atoms with Gasteiger partial charge in [-0.2, -0.15) is 0 Å². The Morgan fingerprint density at radius 1 is 1.32 bits per heavy atom. The maximum absolute atomic E-state index is 12.7. The molecule has 132 valence electrons. The number of carbonyl (C=O) groups is 4. The smallest absolute Gasteiger partial charge is 0.303 e. The van der Waals surface area contributed by atoms with E-state index < -0.39 is 23.8 Å². The van der Waals surface area contributed by atoms with Crippen molar-refractivity contribution in [3.63, 3.8) is 0 Å². The third kappa shape index (κ3) is 2.76. The van der Waals surface area contributed by atoms with Crippen LogP contribution in [-0.4, -0.2) is 46.7 Å². The molecule has 0 bridgehead atoms. The molecule has 1 amide bonds. The van der Waals surface area contributed by atoms with E-state index in [-0.39, 0.29) is 35.0 Å². The van der Waals surface area contributed by atoms with Crippen LogP contribution >= 0.6 is 0 Å². The molecule has 25 heavy (non-hydrogen) atoms. The fraction of sp³-hybridized carbons (Fsp3) is 0.438. The van der Waals surface area contributed by atoms with Crippen molar-refractivity contribution in [2.75, 3.05) is 13.7 Å². The Morgan fingerprint density at radius 3 is 2.68 bits per heavy atom. The monoisotopic (exact) mass is 347 g/mol. The second-order valence-electron chi connectivity index (χ2n) is 5.85. The van der Waals surface area contributed by atoms with Crippen molar-refractivity contribution < 1.29 is 28.7 Å². The standard InChI is InChI=1S/C16H17N3O6/c1-7-11(17-10(21)6-24-3)15(23)12-13(14(7)22)19-5-4-9(16(19)18-12)25-8(2)20/h9H,4-6H2,1-3H3,(H,17,21). The summed E-state index contributed by atoms with van der Waals surface area (Å²) in [7, 11) is 1.35. The zero-order valence-corrected chi connectivity index (χ0v) is 14.0. The summed E-state index contributed by atoms with van der Waals surface area (Å²) in [5.41, 5.74) is 0.188. The number of nitrogens with zero attached hydrogens (tertiary/aromatic N) is 2. The number of fused-ring (bicyclic) bond motifs is 3. The van der Waals surface area contributed by atoms with Gasteiger partial charge in [0.15, 0.2) is 11.9 Å². The maximum Gasteiger partial charge on any atom is 0.303 e. The highest BCUT2D eigenvalue weighted by atomic mass is 16.5. The first kappa shape index (κ1) is 17.0. The average Bonchev–Trinajstić information content (AvgIpc) is 3.09. The Balaban J connectivity index is 1.98. The molecule has 1 aliphatic heterocycles. The van der Waals surface area contributed by atoms with Gasteiger partial charge in [-0.05, 0) is 6.92 Å². The molecule has 0 spiro atoms. The van der Waals surface area contributed by atoms with Gasteiger partial charge < -0.3 is 19.4 Å². The number of rotatable bonds is 4. The van der Waals surface area contributed by atoms with Crippen LogP contribution in [0.5, 0.6) is 0 Å². The number of allylic oxidation sites excluding steroid dienone is 2. The van der Waals surface area contributed by atoms with E-state index in [1.54, 1.807) is 4.57 Å². The number of hydrogen-bond acceptors (Lipinski definition) is 7. The molecule has 1 N–H and O–H groups in total. The number of ether oxygens (including phenoxy) is 2. The normalized spacial score (nSPS) is 18.9. The summed E-state index contributed by atoms with van der Waals surface area (Å²) in [6, 6.07) is 0. The van der Waals surface area contributed by atoms with Crippen molar-refractivity contribution >= 4 is 23.4 Å². The fourth-order valence-corrected chi connectivity index (χ4v) is 3.06. The maximum atomic E-state index is 12.7. The largest absolute Gasteiger partial charge is 0.454 e. The molecule has 2 heterocycles. The number of imidazole rings is 1. The highest BCUT2D eigenvalue weighted by Crippen LogP contribution is 2.35.